The van der Waals surface area contributed by atoms with Crippen molar-refractivity contribution in [1.82, 2.24) is 0 Å². The van der Waals surface area contributed by atoms with Crippen molar-refractivity contribution in [3.63, 3.8) is 0 Å². The molecule has 0 unspecified atom stereocenters. The molecule has 7 nitrogen and oxygen atoms in total. The van der Waals surface area contributed by atoms with E-state index in [0.717, 1.165) is 22.1 Å². The molecule has 1 aliphatic heterocycles. The number of halogens is 1. The first kappa shape index (κ1) is 20.9. The summed E-state index contributed by atoms with van der Waals surface area (Å²) in [5.41, 5.74) is 2.80. The highest BCUT2D eigenvalue weighted by Crippen LogP contribution is 2.35. The number of imide groups is 1. The van der Waals surface area contributed by atoms with Crippen LogP contribution in [0.15, 0.2) is 72.4 Å². The standard InChI is InChI=1S/C24H18FN3O4/c1-14-6-7-15(2)20(12-14)26-22-21(16-8-10-18(11-9-16)28(31)32)23(29)27(24(22)30)19-5-3-4-17(25)13-19/h3-13,26H,1-2H3. The highest BCUT2D eigenvalue weighted by Gasteiger charge is 2.40. The van der Waals surface area contributed by atoms with Gasteiger partial charge in [-0.25, -0.2) is 9.29 Å². The van der Waals surface area contributed by atoms with Crippen molar-refractivity contribution < 1.29 is 18.9 Å². The van der Waals surface area contributed by atoms with Crippen molar-refractivity contribution in [2.45, 2.75) is 13.8 Å². The van der Waals surface area contributed by atoms with E-state index in [1.54, 1.807) is 0 Å². The summed E-state index contributed by atoms with van der Waals surface area (Å²) in [4.78, 5) is 38.1. The van der Waals surface area contributed by atoms with E-state index in [1.165, 1.54) is 42.5 Å². The Morgan fingerprint density at radius 2 is 1.66 bits per heavy atom. The van der Waals surface area contributed by atoms with Crippen LogP contribution in [0, 0.1) is 29.8 Å². The van der Waals surface area contributed by atoms with E-state index in [-0.39, 0.29) is 22.6 Å². The van der Waals surface area contributed by atoms with Gasteiger partial charge >= 0.3 is 0 Å². The normalized spacial score (nSPS) is 13.7. The molecule has 0 saturated heterocycles. The molecule has 0 aromatic heterocycles. The fourth-order valence-corrected chi connectivity index (χ4v) is 3.52. The number of hydrogen-bond donors (Lipinski definition) is 1. The zero-order valence-electron chi connectivity index (χ0n) is 17.3. The first-order valence-electron chi connectivity index (χ1n) is 9.74. The zero-order chi connectivity index (χ0) is 23.0. The fraction of sp³-hybridized carbons (Fsp3) is 0.0833. The molecule has 4 rings (SSSR count). The van der Waals surface area contributed by atoms with E-state index >= 15 is 0 Å². The number of nitrogens with zero attached hydrogens (tertiary/aromatic N) is 2. The highest BCUT2D eigenvalue weighted by molar-refractivity contribution is 6.46. The Hall–Kier alpha value is -4.33. The number of carbonyl (C=O) groups excluding carboxylic acids is 2. The molecule has 3 aromatic carbocycles. The lowest BCUT2D eigenvalue weighted by molar-refractivity contribution is -0.384. The summed E-state index contributed by atoms with van der Waals surface area (Å²) in [6.45, 7) is 3.76. The smallest absolute Gasteiger partial charge is 0.282 e. The van der Waals surface area contributed by atoms with Crippen molar-refractivity contribution in [3.05, 3.63) is 105 Å². The predicted molar refractivity (Wildman–Crippen MR) is 118 cm³/mol. The number of nitro groups is 1. The molecule has 8 heteroatoms. The quantitative estimate of drug-likeness (QED) is 0.358. The van der Waals surface area contributed by atoms with Crippen molar-refractivity contribution in [3.8, 4) is 0 Å². The Labute approximate surface area is 182 Å². The third kappa shape index (κ3) is 3.74. The van der Waals surface area contributed by atoms with Crippen LogP contribution in [0.5, 0.6) is 0 Å². The summed E-state index contributed by atoms with van der Waals surface area (Å²) in [6.07, 6.45) is 0. The second kappa shape index (κ2) is 8.07. The minimum Gasteiger partial charge on any atom is -0.350 e. The first-order chi connectivity index (χ1) is 15.3. The summed E-state index contributed by atoms with van der Waals surface area (Å²) < 4.78 is 13.8. The predicted octanol–water partition coefficient (Wildman–Crippen LogP) is 4.75. The molecule has 0 spiro atoms. The van der Waals surface area contributed by atoms with Crippen LogP contribution in [0.1, 0.15) is 16.7 Å². The number of non-ortho nitro benzene ring substituents is 1. The Morgan fingerprint density at radius 3 is 2.31 bits per heavy atom. The van der Waals surface area contributed by atoms with E-state index in [9.17, 15) is 24.1 Å². The van der Waals surface area contributed by atoms with Crippen LogP contribution < -0.4 is 10.2 Å². The lowest BCUT2D eigenvalue weighted by Gasteiger charge is -2.16. The molecule has 160 valence electrons. The molecule has 0 bridgehead atoms. The largest absolute Gasteiger partial charge is 0.350 e. The molecule has 0 saturated carbocycles. The summed E-state index contributed by atoms with van der Waals surface area (Å²) >= 11 is 0. The number of rotatable bonds is 5. The maximum absolute atomic E-state index is 13.8. The van der Waals surface area contributed by atoms with E-state index in [0.29, 0.717) is 11.3 Å². The van der Waals surface area contributed by atoms with Gasteiger partial charge in [-0.2, -0.15) is 0 Å². The minimum absolute atomic E-state index is 0.0156. The van der Waals surface area contributed by atoms with Crippen molar-refractivity contribution in [1.29, 1.82) is 0 Å². The molecular weight excluding hydrogens is 413 g/mol. The number of carbonyl (C=O) groups is 2. The zero-order valence-corrected chi connectivity index (χ0v) is 17.3. The lowest BCUT2D eigenvalue weighted by atomic mass is 10.0. The molecule has 1 heterocycles. The van der Waals surface area contributed by atoms with E-state index in [2.05, 4.69) is 5.32 Å². The topological polar surface area (TPSA) is 92.6 Å². The number of anilines is 2. The van der Waals surface area contributed by atoms with Crippen LogP contribution >= 0.6 is 0 Å². The van der Waals surface area contributed by atoms with E-state index < -0.39 is 22.6 Å². The number of benzene rings is 3. The van der Waals surface area contributed by atoms with Crippen LogP contribution in [0.4, 0.5) is 21.5 Å². The molecule has 3 aromatic rings. The lowest BCUT2D eigenvalue weighted by Crippen LogP contribution is -2.32. The van der Waals surface area contributed by atoms with Crippen molar-refractivity contribution in [2.75, 3.05) is 10.2 Å². The summed E-state index contributed by atoms with van der Waals surface area (Å²) in [6, 6.07) is 16.2. The second-order valence-electron chi connectivity index (χ2n) is 7.42. The molecule has 0 fully saturated rings. The third-order valence-corrected chi connectivity index (χ3v) is 5.17. The molecular formula is C24H18FN3O4. The van der Waals surface area contributed by atoms with Gasteiger partial charge in [0.15, 0.2) is 0 Å². The summed E-state index contributed by atoms with van der Waals surface area (Å²) in [5, 5.41) is 14.1. The monoisotopic (exact) mass is 431 g/mol. The van der Waals surface area contributed by atoms with Crippen LogP contribution in [-0.4, -0.2) is 16.7 Å². The van der Waals surface area contributed by atoms with E-state index in [4.69, 9.17) is 0 Å². The Morgan fingerprint density at radius 1 is 0.938 bits per heavy atom. The van der Waals surface area contributed by atoms with Gasteiger partial charge in [0.05, 0.1) is 16.2 Å². The molecule has 1 N–H and O–H groups in total. The van der Waals surface area contributed by atoms with Crippen LogP contribution in [-0.2, 0) is 9.59 Å². The van der Waals surface area contributed by atoms with Gasteiger partial charge in [0, 0.05) is 17.8 Å². The van der Waals surface area contributed by atoms with E-state index in [1.807, 2.05) is 32.0 Å². The van der Waals surface area contributed by atoms with Gasteiger partial charge < -0.3 is 5.32 Å². The van der Waals surface area contributed by atoms with Gasteiger partial charge in [-0.05, 0) is 66.9 Å². The Bertz CT molecular complexity index is 1300. The molecule has 0 radical (unpaired) electrons. The average Bonchev–Trinajstić information content (AvgIpc) is 3.00. The van der Waals surface area contributed by atoms with Crippen LogP contribution in [0.25, 0.3) is 5.57 Å². The minimum atomic E-state index is -0.651. The highest BCUT2D eigenvalue weighted by atomic mass is 19.1. The van der Waals surface area contributed by atoms with Crippen LogP contribution in [0.3, 0.4) is 0 Å². The summed E-state index contributed by atoms with van der Waals surface area (Å²) in [7, 11) is 0. The molecule has 32 heavy (non-hydrogen) atoms. The Balaban J connectivity index is 1.85. The third-order valence-electron chi connectivity index (χ3n) is 5.17. The SMILES string of the molecule is Cc1ccc(C)c(NC2=C(c3ccc([N+](=O)[O-])cc3)C(=O)N(c3cccc(F)c3)C2=O)c1. The number of amides is 2. The van der Waals surface area contributed by atoms with Crippen LogP contribution in [0.2, 0.25) is 0 Å². The number of aryl methyl sites for hydroxylation is 2. The molecule has 1 aliphatic rings. The maximum atomic E-state index is 13.8. The second-order valence-corrected chi connectivity index (χ2v) is 7.42. The van der Waals surface area contributed by atoms with Gasteiger partial charge in [-0.15, -0.1) is 0 Å². The van der Waals surface area contributed by atoms with Gasteiger partial charge in [-0.1, -0.05) is 18.2 Å². The van der Waals surface area contributed by atoms with Crippen molar-refractivity contribution >= 4 is 34.4 Å². The first-order valence-corrected chi connectivity index (χ1v) is 9.74. The number of nitrogens with one attached hydrogen (secondary N) is 1. The van der Waals surface area contributed by atoms with Gasteiger partial charge in [0.25, 0.3) is 17.5 Å². The number of hydrogen-bond acceptors (Lipinski definition) is 5. The molecule has 0 aliphatic carbocycles. The molecule has 2 amide bonds. The fourth-order valence-electron chi connectivity index (χ4n) is 3.52. The average molecular weight is 431 g/mol. The number of nitro benzene ring substituents is 1. The van der Waals surface area contributed by atoms with Gasteiger partial charge in [0.2, 0.25) is 0 Å². The maximum Gasteiger partial charge on any atom is 0.282 e. The van der Waals surface area contributed by atoms with Crippen molar-refractivity contribution in [2.24, 2.45) is 0 Å². The van der Waals surface area contributed by atoms with Gasteiger partial charge in [-0.3, -0.25) is 19.7 Å². The Kier molecular flexibility index (Phi) is 5.28. The summed E-state index contributed by atoms with van der Waals surface area (Å²) in [5.74, 6) is -1.88. The molecule has 0 atom stereocenters. The van der Waals surface area contributed by atoms with Gasteiger partial charge in [0.1, 0.15) is 11.5 Å².